The van der Waals surface area contributed by atoms with Gasteiger partial charge in [-0.15, -0.1) is 0 Å². The molecule has 0 radical (unpaired) electrons. The van der Waals surface area contributed by atoms with Crippen LogP contribution in [0.3, 0.4) is 0 Å². The summed E-state index contributed by atoms with van der Waals surface area (Å²) >= 11 is 0. The first-order valence-electron chi connectivity index (χ1n) is 8.42. The minimum atomic E-state index is 0.0202. The number of ketones is 1. The maximum Gasteiger partial charge on any atom is 0.225 e. The monoisotopic (exact) mass is 302 g/mol. The molecule has 0 unspecified atom stereocenters. The van der Waals surface area contributed by atoms with Crippen molar-refractivity contribution in [3.63, 3.8) is 0 Å². The molecule has 3 rings (SSSR count). The standard InChI is InChI=1S/C17H26N4O/c1-3-20-8-4-17(5-9-20)6-10-21(11-7-17)16-18-12-15(13-19-16)14(2)22/h12-13H,3-11H2,1-2H3. The number of anilines is 1. The Morgan fingerprint density at radius 3 is 2.14 bits per heavy atom. The summed E-state index contributed by atoms with van der Waals surface area (Å²) < 4.78 is 0. The number of aromatic nitrogens is 2. The van der Waals surface area contributed by atoms with E-state index in [-0.39, 0.29) is 5.78 Å². The maximum absolute atomic E-state index is 11.3. The molecule has 0 aromatic carbocycles. The summed E-state index contributed by atoms with van der Waals surface area (Å²) in [5, 5.41) is 0. The normalized spacial score (nSPS) is 22.0. The third-order valence-corrected chi connectivity index (χ3v) is 5.52. The minimum Gasteiger partial charge on any atom is -0.341 e. The van der Waals surface area contributed by atoms with E-state index in [1.165, 1.54) is 45.3 Å². The number of hydrogen-bond acceptors (Lipinski definition) is 5. The summed E-state index contributed by atoms with van der Waals surface area (Å²) in [6, 6.07) is 0. The van der Waals surface area contributed by atoms with Gasteiger partial charge in [0, 0.05) is 25.5 Å². The molecule has 1 aromatic rings. The Kier molecular flexibility index (Phi) is 4.43. The predicted molar refractivity (Wildman–Crippen MR) is 87.3 cm³/mol. The number of piperidine rings is 2. The van der Waals surface area contributed by atoms with E-state index in [2.05, 4.69) is 26.7 Å². The number of carbonyl (C=O) groups is 1. The van der Waals surface area contributed by atoms with Crippen LogP contribution in [0.15, 0.2) is 12.4 Å². The molecule has 2 saturated heterocycles. The van der Waals surface area contributed by atoms with Crippen molar-refractivity contribution in [2.45, 2.75) is 39.5 Å². The number of carbonyl (C=O) groups excluding carboxylic acids is 1. The largest absolute Gasteiger partial charge is 0.341 e. The molecule has 22 heavy (non-hydrogen) atoms. The molecule has 0 amide bonds. The van der Waals surface area contributed by atoms with Gasteiger partial charge in [0.15, 0.2) is 5.78 Å². The summed E-state index contributed by atoms with van der Waals surface area (Å²) in [4.78, 5) is 24.8. The highest BCUT2D eigenvalue weighted by Gasteiger charge is 2.37. The van der Waals surface area contributed by atoms with Crippen LogP contribution in [0.5, 0.6) is 0 Å². The van der Waals surface area contributed by atoms with Crippen molar-refractivity contribution in [3.8, 4) is 0 Å². The molecule has 0 N–H and O–H groups in total. The summed E-state index contributed by atoms with van der Waals surface area (Å²) in [6.45, 7) is 9.55. The Morgan fingerprint density at radius 1 is 1.09 bits per heavy atom. The molecule has 0 atom stereocenters. The van der Waals surface area contributed by atoms with Gasteiger partial charge in [-0.3, -0.25) is 4.79 Å². The third kappa shape index (κ3) is 3.14. The Bertz CT molecular complexity index is 510. The molecule has 3 heterocycles. The highest BCUT2D eigenvalue weighted by atomic mass is 16.1. The Balaban J connectivity index is 1.58. The van der Waals surface area contributed by atoms with E-state index in [0.29, 0.717) is 11.0 Å². The van der Waals surface area contributed by atoms with Crippen LogP contribution >= 0.6 is 0 Å². The van der Waals surface area contributed by atoms with Gasteiger partial charge < -0.3 is 9.80 Å². The smallest absolute Gasteiger partial charge is 0.225 e. The molecular formula is C17H26N4O. The van der Waals surface area contributed by atoms with Crippen molar-refractivity contribution in [2.24, 2.45) is 5.41 Å². The summed E-state index contributed by atoms with van der Waals surface area (Å²) in [7, 11) is 0. The molecule has 2 aliphatic heterocycles. The lowest BCUT2D eigenvalue weighted by molar-refractivity contribution is 0.0828. The van der Waals surface area contributed by atoms with Crippen LogP contribution in [-0.2, 0) is 0 Å². The molecule has 0 aliphatic carbocycles. The molecule has 0 saturated carbocycles. The molecule has 2 fully saturated rings. The lowest BCUT2D eigenvalue weighted by Crippen LogP contribution is -2.47. The molecular weight excluding hydrogens is 276 g/mol. The minimum absolute atomic E-state index is 0.0202. The predicted octanol–water partition coefficient (Wildman–Crippen LogP) is 2.38. The molecule has 5 heteroatoms. The number of rotatable bonds is 3. The first kappa shape index (κ1) is 15.4. The van der Waals surface area contributed by atoms with E-state index < -0.39 is 0 Å². The van der Waals surface area contributed by atoms with Crippen LogP contribution in [0.4, 0.5) is 5.95 Å². The second kappa shape index (κ2) is 6.32. The van der Waals surface area contributed by atoms with Crippen molar-refractivity contribution >= 4 is 11.7 Å². The second-order valence-corrected chi connectivity index (χ2v) is 6.75. The molecule has 0 bridgehead atoms. The van der Waals surface area contributed by atoms with Crippen molar-refractivity contribution in [1.29, 1.82) is 0 Å². The second-order valence-electron chi connectivity index (χ2n) is 6.75. The fourth-order valence-corrected chi connectivity index (χ4v) is 3.69. The van der Waals surface area contributed by atoms with Gasteiger partial charge in [0.05, 0.1) is 5.56 Å². The van der Waals surface area contributed by atoms with Crippen LogP contribution in [0.2, 0.25) is 0 Å². The Hall–Kier alpha value is -1.49. The molecule has 2 aliphatic rings. The van der Waals surface area contributed by atoms with Crippen molar-refractivity contribution in [1.82, 2.24) is 14.9 Å². The highest BCUT2D eigenvalue weighted by molar-refractivity contribution is 5.93. The first-order valence-corrected chi connectivity index (χ1v) is 8.42. The van der Waals surface area contributed by atoms with Crippen LogP contribution in [0.1, 0.15) is 49.9 Å². The van der Waals surface area contributed by atoms with E-state index in [0.717, 1.165) is 19.0 Å². The number of hydrogen-bond donors (Lipinski definition) is 0. The van der Waals surface area contributed by atoms with Gasteiger partial charge in [0.2, 0.25) is 5.95 Å². The van der Waals surface area contributed by atoms with Crippen LogP contribution in [-0.4, -0.2) is 53.4 Å². The number of nitrogens with zero attached hydrogens (tertiary/aromatic N) is 4. The van der Waals surface area contributed by atoms with E-state index in [1.54, 1.807) is 19.3 Å². The average molecular weight is 302 g/mol. The topological polar surface area (TPSA) is 49.3 Å². The quantitative estimate of drug-likeness (QED) is 0.802. The van der Waals surface area contributed by atoms with Gasteiger partial charge in [-0.1, -0.05) is 6.92 Å². The summed E-state index contributed by atoms with van der Waals surface area (Å²) in [5.41, 5.74) is 1.13. The van der Waals surface area contributed by atoms with Crippen molar-refractivity contribution in [2.75, 3.05) is 37.6 Å². The number of Topliss-reactive ketones (excluding diaryl/α,β-unsaturated/α-hetero) is 1. The molecule has 120 valence electrons. The van der Waals surface area contributed by atoms with Crippen LogP contribution in [0, 0.1) is 5.41 Å². The summed E-state index contributed by atoms with van der Waals surface area (Å²) in [5.74, 6) is 0.790. The van der Waals surface area contributed by atoms with Gasteiger partial charge >= 0.3 is 0 Å². The van der Waals surface area contributed by atoms with E-state index in [4.69, 9.17) is 0 Å². The molecule has 1 spiro atoms. The average Bonchev–Trinajstić information content (AvgIpc) is 2.56. The maximum atomic E-state index is 11.3. The van der Waals surface area contributed by atoms with Gasteiger partial charge in [-0.05, 0) is 57.7 Å². The SMILES string of the molecule is CCN1CCC2(CC1)CCN(c1ncc(C(C)=O)cn1)CC2. The van der Waals surface area contributed by atoms with Gasteiger partial charge in [-0.2, -0.15) is 0 Å². The van der Waals surface area contributed by atoms with Crippen LogP contribution in [0.25, 0.3) is 0 Å². The third-order valence-electron chi connectivity index (χ3n) is 5.52. The number of likely N-dealkylation sites (tertiary alicyclic amines) is 1. The zero-order valence-electron chi connectivity index (χ0n) is 13.7. The van der Waals surface area contributed by atoms with E-state index >= 15 is 0 Å². The Labute approximate surface area is 132 Å². The molecule has 1 aromatic heterocycles. The van der Waals surface area contributed by atoms with Crippen molar-refractivity contribution in [3.05, 3.63) is 18.0 Å². The lowest BCUT2D eigenvalue weighted by atomic mass is 9.71. The zero-order chi connectivity index (χ0) is 15.6. The lowest BCUT2D eigenvalue weighted by Gasteiger charge is -2.46. The fraction of sp³-hybridized carbons (Fsp3) is 0.706. The zero-order valence-corrected chi connectivity index (χ0v) is 13.7. The first-order chi connectivity index (χ1) is 10.6. The van der Waals surface area contributed by atoms with Gasteiger partial charge in [0.25, 0.3) is 0 Å². The highest BCUT2D eigenvalue weighted by Crippen LogP contribution is 2.41. The van der Waals surface area contributed by atoms with E-state index in [1.807, 2.05) is 0 Å². The Morgan fingerprint density at radius 2 is 1.64 bits per heavy atom. The molecule has 5 nitrogen and oxygen atoms in total. The van der Waals surface area contributed by atoms with Crippen LogP contribution < -0.4 is 4.90 Å². The van der Waals surface area contributed by atoms with Gasteiger partial charge in [0.1, 0.15) is 0 Å². The fourth-order valence-electron chi connectivity index (χ4n) is 3.69. The summed E-state index contributed by atoms with van der Waals surface area (Å²) in [6.07, 6.45) is 8.44. The van der Waals surface area contributed by atoms with Gasteiger partial charge in [-0.25, -0.2) is 9.97 Å². The van der Waals surface area contributed by atoms with Crippen molar-refractivity contribution < 1.29 is 4.79 Å². The van der Waals surface area contributed by atoms with E-state index in [9.17, 15) is 4.79 Å².